The molecule has 0 aromatic carbocycles. The second-order valence-electron chi connectivity index (χ2n) is 5.07. The monoisotopic (exact) mass is 352 g/mol. The van der Waals surface area contributed by atoms with E-state index in [1.54, 1.807) is 12.1 Å². The second-order valence-corrected chi connectivity index (χ2v) is 5.86. The van der Waals surface area contributed by atoms with Crippen LogP contribution in [0.25, 0.3) is 11.1 Å². The minimum Gasteiger partial charge on any atom is -0.448 e. The van der Waals surface area contributed by atoms with Crippen LogP contribution in [0.15, 0.2) is 33.9 Å². The molecule has 1 unspecified atom stereocenters. The molecule has 1 amide bonds. The van der Waals surface area contributed by atoms with Gasteiger partial charge in [-0.15, -0.1) is 6.58 Å². The lowest BCUT2D eigenvalue weighted by molar-refractivity contribution is 0.0851. The zero-order chi connectivity index (χ0) is 14.8. The molecule has 21 heavy (non-hydrogen) atoms. The van der Waals surface area contributed by atoms with E-state index in [9.17, 15) is 4.79 Å². The van der Waals surface area contributed by atoms with Crippen LogP contribution in [-0.2, 0) is 11.3 Å². The second kappa shape index (κ2) is 6.07. The van der Waals surface area contributed by atoms with Crippen LogP contribution < -0.4 is 5.32 Å². The van der Waals surface area contributed by atoms with Gasteiger partial charge in [0.1, 0.15) is 5.69 Å². The van der Waals surface area contributed by atoms with Gasteiger partial charge in [0.25, 0.3) is 5.91 Å². The summed E-state index contributed by atoms with van der Waals surface area (Å²) in [6, 6.07) is 3.62. The zero-order valence-electron chi connectivity index (χ0n) is 11.6. The standard InChI is InChI=1S/C15H17BrN2O3/c1-2-5-18-11-8-14(16)21-13(11)7-12(18)15(19)17-9-10-4-3-6-20-10/h2,7-8,10H,1,3-6,9H2,(H,17,19). The number of aromatic nitrogens is 1. The summed E-state index contributed by atoms with van der Waals surface area (Å²) in [6.45, 7) is 5.63. The average Bonchev–Trinajstić information content (AvgIpc) is 3.14. The quantitative estimate of drug-likeness (QED) is 0.841. The third-order valence-corrected chi connectivity index (χ3v) is 4.01. The molecule has 0 aliphatic carbocycles. The first kappa shape index (κ1) is 14.4. The predicted octanol–water partition coefficient (Wildman–Crippen LogP) is 3.09. The number of allylic oxidation sites excluding steroid dienone is 1. The average molecular weight is 353 g/mol. The molecule has 2 aromatic heterocycles. The molecule has 1 fully saturated rings. The number of hydrogen-bond donors (Lipinski definition) is 1. The number of ether oxygens (including phenoxy) is 1. The van der Waals surface area contributed by atoms with E-state index in [-0.39, 0.29) is 12.0 Å². The molecule has 0 saturated carbocycles. The number of halogens is 1. The maximum Gasteiger partial charge on any atom is 0.268 e. The Balaban J connectivity index is 1.80. The lowest BCUT2D eigenvalue weighted by Crippen LogP contribution is -2.33. The van der Waals surface area contributed by atoms with Crippen LogP contribution in [0.3, 0.4) is 0 Å². The van der Waals surface area contributed by atoms with Crippen LogP contribution in [0.2, 0.25) is 0 Å². The Kier molecular flexibility index (Phi) is 4.17. The van der Waals surface area contributed by atoms with E-state index in [0.717, 1.165) is 25.0 Å². The van der Waals surface area contributed by atoms with Gasteiger partial charge in [0.05, 0.1) is 11.6 Å². The number of carbonyl (C=O) groups is 1. The molecule has 112 valence electrons. The number of rotatable bonds is 5. The van der Waals surface area contributed by atoms with Gasteiger partial charge >= 0.3 is 0 Å². The van der Waals surface area contributed by atoms with Crippen molar-refractivity contribution in [2.75, 3.05) is 13.2 Å². The van der Waals surface area contributed by atoms with Crippen LogP contribution in [0.4, 0.5) is 0 Å². The van der Waals surface area contributed by atoms with Gasteiger partial charge in [0.2, 0.25) is 0 Å². The van der Waals surface area contributed by atoms with E-state index in [2.05, 4.69) is 27.8 Å². The summed E-state index contributed by atoms with van der Waals surface area (Å²) >= 11 is 3.30. The van der Waals surface area contributed by atoms with Crippen molar-refractivity contribution in [3.63, 3.8) is 0 Å². The van der Waals surface area contributed by atoms with Gasteiger partial charge in [0, 0.05) is 31.8 Å². The number of nitrogens with zero attached hydrogens (tertiary/aromatic N) is 1. The first-order chi connectivity index (χ1) is 10.2. The van der Waals surface area contributed by atoms with E-state index in [0.29, 0.717) is 29.0 Å². The summed E-state index contributed by atoms with van der Waals surface area (Å²) in [6.07, 6.45) is 3.96. The molecule has 1 aliphatic rings. The van der Waals surface area contributed by atoms with Gasteiger partial charge in [-0.1, -0.05) is 6.08 Å². The van der Waals surface area contributed by atoms with Gasteiger partial charge in [-0.25, -0.2) is 0 Å². The molecule has 1 N–H and O–H groups in total. The van der Waals surface area contributed by atoms with Crippen molar-refractivity contribution in [3.8, 4) is 0 Å². The molecule has 6 heteroatoms. The largest absolute Gasteiger partial charge is 0.448 e. The third-order valence-electron chi connectivity index (χ3n) is 3.62. The molecule has 5 nitrogen and oxygen atoms in total. The zero-order valence-corrected chi connectivity index (χ0v) is 13.2. The number of hydrogen-bond acceptors (Lipinski definition) is 3. The fraction of sp³-hybridized carbons (Fsp3) is 0.400. The number of nitrogens with one attached hydrogen (secondary N) is 1. The fourth-order valence-corrected chi connectivity index (χ4v) is 3.02. The Labute approximate surface area is 131 Å². The van der Waals surface area contributed by atoms with E-state index < -0.39 is 0 Å². The molecule has 2 aromatic rings. The predicted molar refractivity (Wildman–Crippen MR) is 83.4 cm³/mol. The van der Waals surface area contributed by atoms with Gasteiger partial charge in [-0.05, 0) is 28.8 Å². The highest BCUT2D eigenvalue weighted by atomic mass is 79.9. The smallest absolute Gasteiger partial charge is 0.268 e. The van der Waals surface area contributed by atoms with E-state index in [4.69, 9.17) is 9.15 Å². The first-order valence-electron chi connectivity index (χ1n) is 6.98. The van der Waals surface area contributed by atoms with Crippen molar-refractivity contribution < 1.29 is 13.9 Å². The summed E-state index contributed by atoms with van der Waals surface area (Å²) in [5.41, 5.74) is 2.14. The lowest BCUT2D eigenvalue weighted by atomic mass is 10.2. The van der Waals surface area contributed by atoms with Crippen LogP contribution in [0.5, 0.6) is 0 Å². The van der Waals surface area contributed by atoms with Crippen LogP contribution in [0.1, 0.15) is 23.3 Å². The molecule has 0 spiro atoms. The molecule has 1 atom stereocenters. The van der Waals surface area contributed by atoms with E-state index >= 15 is 0 Å². The Hall–Kier alpha value is -1.53. The molecule has 1 saturated heterocycles. The van der Waals surface area contributed by atoms with Crippen molar-refractivity contribution in [2.24, 2.45) is 0 Å². The van der Waals surface area contributed by atoms with Crippen LogP contribution >= 0.6 is 15.9 Å². The molecule has 0 radical (unpaired) electrons. The van der Waals surface area contributed by atoms with Crippen molar-refractivity contribution in [1.82, 2.24) is 9.88 Å². The highest BCUT2D eigenvalue weighted by Gasteiger charge is 2.20. The topological polar surface area (TPSA) is 56.4 Å². The van der Waals surface area contributed by atoms with Crippen LogP contribution in [0, 0.1) is 0 Å². The summed E-state index contributed by atoms with van der Waals surface area (Å²) in [5, 5.41) is 2.93. The molecular weight excluding hydrogens is 336 g/mol. The van der Waals surface area contributed by atoms with Gasteiger partial charge in [-0.3, -0.25) is 4.79 Å². The molecular formula is C15H17BrN2O3. The Morgan fingerprint density at radius 2 is 2.43 bits per heavy atom. The van der Waals surface area contributed by atoms with Crippen molar-refractivity contribution in [1.29, 1.82) is 0 Å². The maximum absolute atomic E-state index is 12.4. The Bertz CT molecular complexity index is 668. The number of fused-ring (bicyclic) bond motifs is 1. The minimum atomic E-state index is -0.116. The van der Waals surface area contributed by atoms with Crippen molar-refractivity contribution in [3.05, 3.63) is 35.2 Å². The first-order valence-corrected chi connectivity index (χ1v) is 7.77. The van der Waals surface area contributed by atoms with Crippen molar-refractivity contribution in [2.45, 2.75) is 25.5 Å². The summed E-state index contributed by atoms with van der Waals surface area (Å²) in [7, 11) is 0. The number of amides is 1. The lowest BCUT2D eigenvalue weighted by Gasteiger charge is -2.12. The normalized spacial score (nSPS) is 18.2. The minimum absolute atomic E-state index is 0.116. The SMILES string of the molecule is C=CCn1c(C(=O)NCC2CCCO2)cc2oc(Br)cc21. The van der Waals surface area contributed by atoms with Gasteiger partial charge in [0.15, 0.2) is 10.3 Å². The number of carbonyl (C=O) groups excluding carboxylic acids is 1. The van der Waals surface area contributed by atoms with E-state index in [1.165, 1.54) is 0 Å². The van der Waals surface area contributed by atoms with Crippen LogP contribution in [-0.4, -0.2) is 29.7 Å². The highest BCUT2D eigenvalue weighted by Crippen LogP contribution is 2.27. The molecule has 0 bridgehead atoms. The van der Waals surface area contributed by atoms with Crippen molar-refractivity contribution >= 4 is 32.9 Å². The van der Waals surface area contributed by atoms with Gasteiger partial charge < -0.3 is 19.0 Å². The third kappa shape index (κ3) is 2.91. The summed E-state index contributed by atoms with van der Waals surface area (Å²) in [4.78, 5) is 12.4. The molecule has 1 aliphatic heterocycles. The van der Waals surface area contributed by atoms with Gasteiger partial charge in [-0.2, -0.15) is 0 Å². The maximum atomic E-state index is 12.4. The fourth-order valence-electron chi connectivity index (χ4n) is 2.63. The summed E-state index contributed by atoms with van der Waals surface area (Å²) in [5.74, 6) is -0.116. The highest BCUT2D eigenvalue weighted by molar-refractivity contribution is 9.10. The molecule has 3 rings (SSSR count). The number of furan rings is 1. The van der Waals surface area contributed by atoms with E-state index in [1.807, 2.05) is 10.6 Å². The molecule has 3 heterocycles. The Morgan fingerprint density at radius 1 is 1.57 bits per heavy atom. The Morgan fingerprint density at radius 3 is 3.14 bits per heavy atom. The summed E-state index contributed by atoms with van der Waals surface area (Å²) < 4.78 is 13.6.